The summed E-state index contributed by atoms with van der Waals surface area (Å²) in [6.07, 6.45) is 0. The third-order valence-electron chi connectivity index (χ3n) is 3.20. The summed E-state index contributed by atoms with van der Waals surface area (Å²) in [4.78, 5) is 1.06. The van der Waals surface area contributed by atoms with Crippen LogP contribution in [0.5, 0.6) is 0 Å². The van der Waals surface area contributed by atoms with E-state index in [1.165, 1.54) is 23.9 Å². The van der Waals surface area contributed by atoms with Gasteiger partial charge in [-0.2, -0.15) is 0 Å². The number of hydrogen-bond acceptors (Lipinski definition) is 4. The number of thioether (sulfide) groups is 1. The summed E-state index contributed by atoms with van der Waals surface area (Å²) in [5.74, 6) is -0.237. The van der Waals surface area contributed by atoms with Gasteiger partial charge in [0.2, 0.25) is 0 Å². The molecule has 3 rings (SSSR count). The van der Waals surface area contributed by atoms with Crippen molar-refractivity contribution in [3.05, 3.63) is 59.9 Å². The van der Waals surface area contributed by atoms with E-state index in [4.69, 9.17) is 5.73 Å². The summed E-state index contributed by atoms with van der Waals surface area (Å²) in [6.45, 7) is 2.00. The first-order chi connectivity index (χ1) is 9.56. The zero-order valence-electron chi connectivity index (χ0n) is 11.0. The second kappa shape index (κ2) is 5.09. The maximum Gasteiger partial charge on any atom is 0.196 e. The van der Waals surface area contributed by atoms with Crippen molar-refractivity contribution in [2.45, 2.75) is 23.0 Å². The van der Waals surface area contributed by atoms with Gasteiger partial charge in [0.1, 0.15) is 5.82 Å². The predicted molar refractivity (Wildman–Crippen MR) is 79.6 cm³/mol. The molecule has 3 nitrogen and oxygen atoms in total. The van der Waals surface area contributed by atoms with Crippen LogP contribution in [0.25, 0.3) is 0 Å². The maximum atomic E-state index is 12.9. The molecular weight excluding hydrogens is 273 g/mol. The van der Waals surface area contributed by atoms with E-state index >= 15 is 0 Å². The highest BCUT2D eigenvalue weighted by Crippen LogP contribution is 2.41. The largest absolute Gasteiger partial charge is 0.345 e. The third kappa shape index (κ3) is 2.65. The fourth-order valence-electron chi connectivity index (χ4n) is 2.21. The van der Waals surface area contributed by atoms with Crippen molar-refractivity contribution >= 4 is 17.4 Å². The van der Waals surface area contributed by atoms with Crippen molar-refractivity contribution in [1.82, 2.24) is 5.32 Å². The van der Waals surface area contributed by atoms with Gasteiger partial charge in [-0.1, -0.05) is 36.0 Å². The van der Waals surface area contributed by atoms with Gasteiger partial charge in [0.15, 0.2) is 5.12 Å². The Bertz CT molecular complexity index is 590. The second-order valence-corrected chi connectivity index (χ2v) is 6.08. The molecule has 0 bridgehead atoms. The Morgan fingerprint density at radius 1 is 1.35 bits per heavy atom. The third-order valence-corrected chi connectivity index (χ3v) is 4.30. The van der Waals surface area contributed by atoms with Gasteiger partial charge in [0.05, 0.1) is 5.69 Å². The molecule has 1 heterocycles. The molecule has 2 unspecified atom stereocenters. The van der Waals surface area contributed by atoms with E-state index < -0.39 is 5.12 Å². The van der Waals surface area contributed by atoms with Crippen LogP contribution in [0.1, 0.15) is 18.5 Å². The molecule has 1 aliphatic heterocycles. The topological polar surface area (TPSA) is 50.1 Å². The average Bonchev–Trinajstić information content (AvgIpc) is 2.75. The summed E-state index contributed by atoms with van der Waals surface area (Å²) in [6, 6.07) is 15.3. The van der Waals surface area contributed by atoms with Crippen molar-refractivity contribution in [2.75, 3.05) is 5.32 Å². The number of fused-ring (bicyclic) bond motifs is 1. The van der Waals surface area contributed by atoms with Gasteiger partial charge in [0, 0.05) is 17.0 Å². The van der Waals surface area contributed by atoms with Crippen molar-refractivity contribution in [3.8, 4) is 0 Å². The first-order valence-electron chi connectivity index (χ1n) is 6.36. The number of hydrogen-bond donors (Lipinski definition) is 3. The summed E-state index contributed by atoms with van der Waals surface area (Å²) in [7, 11) is 0. The monoisotopic (exact) mass is 288 g/mol. The van der Waals surface area contributed by atoms with Crippen LogP contribution in [0.15, 0.2) is 47.4 Å². The van der Waals surface area contributed by atoms with Gasteiger partial charge in [-0.15, -0.1) is 0 Å². The first-order valence-corrected chi connectivity index (χ1v) is 7.17. The minimum Gasteiger partial charge on any atom is -0.345 e. The van der Waals surface area contributed by atoms with E-state index in [-0.39, 0.29) is 11.9 Å². The molecule has 4 N–H and O–H groups in total. The zero-order valence-corrected chi connectivity index (χ0v) is 11.8. The van der Waals surface area contributed by atoms with E-state index in [9.17, 15) is 4.39 Å². The molecular formula is C15H15FN3S. The average molecular weight is 288 g/mol. The minimum atomic E-state index is -0.784. The Hall–Kier alpha value is -1.56. The van der Waals surface area contributed by atoms with Crippen LogP contribution >= 0.6 is 11.8 Å². The molecule has 103 valence electrons. The molecule has 0 aromatic heterocycles. The van der Waals surface area contributed by atoms with Crippen LogP contribution in [0, 0.1) is 11.9 Å². The molecule has 0 saturated heterocycles. The molecule has 2 aromatic rings. The van der Waals surface area contributed by atoms with Gasteiger partial charge >= 0.3 is 0 Å². The number of nitrogens with one attached hydrogen (secondary N) is 2. The fraction of sp³-hybridized carbons (Fsp3) is 0.200. The lowest BCUT2D eigenvalue weighted by atomic mass is 10.1. The number of anilines is 1. The normalized spacial score (nSPS) is 22.1. The van der Waals surface area contributed by atoms with Gasteiger partial charge in [-0.25, -0.2) is 4.39 Å². The Morgan fingerprint density at radius 2 is 2.10 bits per heavy atom. The lowest BCUT2D eigenvalue weighted by Gasteiger charge is -2.29. The Labute approximate surface area is 121 Å². The van der Waals surface area contributed by atoms with E-state index in [0.717, 1.165) is 16.1 Å². The number of nitrogens with two attached hydrogens (primary N) is 1. The molecule has 0 fully saturated rings. The van der Waals surface area contributed by atoms with Gasteiger partial charge < -0.3 is 5.32 Å². The lowest BCUT2D eigenvalue weighted by Crippen LogP contribution is -2.55. The smallest absolute Gasteiger partial charge is 0.196 e. The van der Waals surface area contributed by atoms with Crippen LogP contribution in [0.4, 0.5) is 10.1 Å². The SMILES string of the molecule is CC(NC1(N)Nc2[c]cccc2S1)c1ccc(F)cc1. The van der Waals surface area contributed by atoms with Crippen LogP contribution < -0.4 is 16.4 Å². The number of rotatable bonds is 3. The molecule has 2 aromatic carbocycles. The molecule has 20 heavy (non-hydrogen) atoms. The van der Waals surface area contributed by atoms with Gasteiger partial charge in [0.25, 0.3) is 0 Å². The van der Waals surface area contributed by atoms with E-state index in [0.29, 0.717) is 0 Å². The molecule has 1 radical (unpaired) electrons. The van der Waals surface area contributed by atoms with E-state index in [1.54, 1.807) is 12.1 Å². The quantitative estimate of drug-likeness (QED) is 0.760. The standard InChI is InChI=1S/C15H15FN3S/c1-10(11-6-8-12(16)9-7-11)18-15(17)19-13-4-2-3-5-14(13)20-15/h2-3,5-10,18-19H,17H2,1H3. The van der Waals surface area contributed by atoms with Crippen LogP contribution in [-0.2, 0) is 0 Å². The molecule has 0 aliphatic carbocycles. The highest BCUT2D eigenvalue weighted by Gasteiger charge is 2.35. The molecule has 2 atom stereocenters. The fourth-order valence-corrected chi connectivity index (χ4v) is 3.31. The molecule has 1 aliphatic rings. The zero-order chi connectivity index (χ0) is 14.2. The predicted octanol–water partition coefficient (Wildman–Crippen LogP) is 3.06. The van der Waals surface area contributed by atoms with Crippen LogP contribution in [-0.4, -0.2) is 5.12 Å². The Balaban J connectivity index is 1.74. The van der Waals surface area contributed by atoms with Gasteiger partial charge in [-0.3, -0.25) is 11.1 Å². The highest BCUT2D eigenvalue weighted by atomic mass is 32.2. The number of para-hydroxylation sites is 1. The maximum absolute atomic E-state index is 12.9. The Morgan fingerprint density at radius 3 is 2.80 bits per heavy atom. The van der Waals surface area contributed by atoms with Crippen molar-refractivity contribution in [2.24, 2.45) is 5.73 Å². The first kappa shape index (κ1) is 13.4. The summed E-state index contributed by atoms with van der Waals surface area (Å²) in [5.41, 5.74) is 8.21. The number of halogens is 1. The summed E-state index contributed by atoms with van der Waals surface area (Å²) in [5, 5.41) is 5.76. The minimum absolute atomic E-state index is 0.00471. The molecule has 0 amide bonds. The number of benzene rings is 2. The lowest BCUT2D eigenvalue weighted by molar-refractivity contribution is 0.467. The highest BCUT2D eigenvalue weighted by molar-refractivity contribution is 8.01. The second-order valence-electron chi connectivity index (χ2n) is 4.79. The van der Waals surface area contributed by atoms with E-state index in [1.807, 2.05) is 25.1 Å². The molecule has 0 saturated carbocycles. The summed E-state index contributed by atoms with van der Waals surface area (Å²) >= 11 is 1.51. The van der Waals surface area contributed by atoms with Crippen LogP contribution in [0.3, 0.4) is 0 Å². The van der Waals surface area contributed by atoms with E-state index in [2.05, 4.69) is 16.7 Å². The van der Waals surface area contributed by atoms with Gasteiger partial charge in [-0.05, 0) is 30.7 Å². The van der Waals surface area contributed by atoms with Crippen molar-refractivity contribution in [1.29, 1.82) is 0 Å². The van der Waals surface area contributed by atoms with Crippen LogP contribution in [0.2, 0.25) is 0 Å². The molecule has 5 heteroatoms. The summed E-state index contributed by atoms with van der Waals surface area (Å²) < 4.78 is 12.9. The van der Waals surface area contributed by atoms with Crippen molar-refractivity contribution < 1.29 is 4.39 Å². The van der Waals surface area contributed by atoms with Crippen molar-refractivity contribution in [3.63, 3.8) is 0 Å². The molecule has 0 spiro atoms. The Kier molecular flexibility index (Phi) is 3.41.